The first-order valence-corrected chi connectivity index (χ1v) is 12.2. The molecule has 1 N–H and O–H groups in total. The summed E-state index contributed by atoms with van der Waals surface area (Å²) >= 11 is 6.14. The predicted octanol–water partition coefficient (Wildman–Crippen LogP) is 5.20. The van der Waals surface area contributed by atoms with Gasteiger partial charge in [0, 0.05) is 35.0 Å². The number of carbonyl (C=O) groups excluding carboxylic acids is 1. The number of fused-ring (bicyclic) bond motifs is 1. The van der Waals surface area contributed by atoms with Crippen molar-refractivity contribution >= 4 is 33.2 Å². The number of sulfonamides is 1. The molecule has 0 spiro atoms. The van der Waals surface area contributed by atoms with E-state index in [4.69, 9.17) is 11.6 Å². The topological polar surface area (TPSA) is 66.5 Å². The number of halogens is 5. The maximum atomic E-state index is 14.4. The lowest BCUT2D eigenvalue weighted by Crippen LogP contribution is -2.36. The van der Waals surface area contributed by atoms with Crippen molar-refractivity contribution in [1.29, 1.82) is 0 Å². The van der Waals surface area contributed by atoms with Gasteiger partial charge in [0.25, 0.3) is 0 Å². The third-order valence-corrected chi connectivity index (χ3v) is 7.69. The van der Waals surface area contributed by atoms with E-state index in [1.807, 2.05) is 0 Å². The number of nitrogens with zero attached hydrogens (tertiary/aromatic N) is 1. The van der Waals surface area contributed by atoms with Crippen molar-refractivity contribution in [2.75, 3.05) is 4.90 Å². The Morgan fingerprint density at radius 2 is 1.63 bits per heavy atom. The van der Waals surface area contributed by atoms with Crippen molar-refractivity contribution in [2.45, 2.75) is 37.2 Å². The maximum Gasteiger partial charge on any atom is 0.246 e. The number of amides is 1. The van der Waals surface area contributed by atoms with E-state index < -0.39 is 43.6 Å². The van der Waals surface area contributed by atoms with Gasteiger partial charge in [0.2, 0.25) is 15.9 Å². The minimum Gasteiger partial charge on any atom is -0.307 e. The Balaban J connectivity index is 1.65. The molecule has 0 atom stereocenters. The minimum absolute atomic E-state index is 0.125. The van der Waals surface area contributed by atoms with Gasteiger partial charge >= 0.3 is 0 Å². The van der Waals surface area contributed by atoms with Crippen LogP contribution in [-0.4, -0.2) is 14.3 Å². The van der Waals surface area contributed by atoms with Gasteiger partial charge in [-0.3, -0.25) is 4.79 Å². The Labute approximate surface area is 204 Å². The first-order valence-electron chi connectivity index (χ1n) is 10.4. The number of rotatable bonds is 6. The van der Waals surface area contributed by atoms with E-state index in [-0.39, 0.29) is 41.7 Å². The van der Waals surface area contributed by atoms with Gasteiger partial charge in [-0.15, -0.1) is 0 Å². The smallest absolute Gasteiger partial charge is 0.246 e. The standard InChI is InChI=1S/C24H19ClF4N2O3S/c1-24(2)16-7-6-13(11-30-35(33,34)22-19(28)9-14(26)10-20(22)29)8-21(16)31(23(24)32)12-15-17(25)4-3-5-18(15)27/h3-10,30H,11-12H2,1-2H3. The highest BCUT2D eigenvalue weighted by molar-refractivity contribution is 7.89. The van der Waals surface area contributed by atoms with Crippen LogP contribution in [0.25, 0.3) is 0 Å². The van der Waals surface area contributed by atoms with Gasteiger partial charge in [-0.2, -0.15) is 0 Å². The third-order valence-electron chi connectivity index (χ3n) is 5.88. The van der Waals surface area contributed by atoms with Gasteiger partial charge in [0.05, 0.1) is 12.0 Å². The van der Waals surface area contributed by atoms with Gasteiger partial charge < -0.3 is 4.90 Å². The van der Waals surface area contributed by atoms with E-state index >= 15 is 0 Å². The van der Waals surface area contributed by atoms with Crippen molar-refractivity contribution in [2.24, 2.45) is 0 Å². The summed E-state index contributed by atoms with van der Waals surface area (Å²) in [4.78, 5) is 13.2. The van der Waals surface area contributed by atoms with Crippen molar-refractivity contribution in [3.8, 4) is 0 Å². The summed E-state index contributed by atoms with van der Waals surface area (Å²) in [5, 5.41) is 0.149. The van der Waals surface area contributed by atoms with Crippen molar-refractivity contribution in [3.05, 3.63) is 93.5 Å². The summed E-state index contributed by atoms with van der Waals surface area (Å²) in [6.07, 6.45) is 0. The summed E-state index contributed by atoms with van der Waals surface area (Å²) < 4.78 is 82.6. The lowest BCUT2D eigenvalue weighted by molar-refractivity contribution is -0.122. The molecule has 5 nitrogen and oxygen atoms in total. The molecule has 0 fully saturated rings. The van der Waals surface area contributed by atoms with Crippen molar-refractivity contribution in [1.82, 2.24) is 4.72 Å². The summed E-state index contributed by atoms with van der Waals surface area (Å²) in [5.74, 6) is -5.27. The number of nitrogens with one attached hydrogen (secondary N) is 1. The highest BCUT2D eigenvalue weighted by Crippen LogP contribution is 2.43. The van der Waals surface area contributed by atoms with Gasteiger partial charge in [0.1, 0.15) is 23.3 Å². The van der Waals surface area contributed by atoms with Crippen LogP contribution in [0.15, 0.2) is 53.4 Å². The average molecular weight is 527 g/mol. The van der Waals surface area contributed by atoms with Crippen LogP contribution in [0.5, 0.6) is 0 Å². The van der Waals surface area contributed by atoms with Crippen LogP contribution < -0.4 is 9.62 Å². The molecular formula is C24H19ClF4N2O3S. The zero-order chi connectivity index (χ0) is 25.7. The van der Waals surface area contributed by atoms with E-state index in [1.165, 1.54) is 29.2 Å². The monoisotopic (exact) mass is 526 g/mol. The van der Waals surface area contributed by atoms with Gasteiger partial charge in [-0.25, -0.2) is 30.7 Å². The number of carbonyl (C=O) groups is 1. The first-order chi connectivity index (χ1) is 16.3. The van der Waals surface area contributed by atoms with E-state index in [0.717, 1.165) is 0 Å². The van der Waals surface area contributed by atoms with Crippen LogP contribution in [0.3, 0.4) is 0 Å². The van der Waals surface area contributed by atoms with Crippen LogP contribution in [0, 0.1) is 23.3 Å². The Bertz CT molecular complexity index is 1420. The molecule has 0 aromatic heterocycles. The maximum absolute atomic E-state index is 14.4. The van der Waals surface area contributed by atoms with E-state index in [2.05, 4.69) is 4.72 Å². The Hall–Kier alpha value is -2.95. The fourth-order valence-electron chi connectivity index (χ4n) is 4.04. The largest absolute Gasteiger partial charge is 0.307 e. The molecule has 1 heterocycles. The predicted molar refractivity (Wildman–Crippen MR) is 122 cm³/mol. The molecule has 1 aliphatic heterocycles. The lowest BCUT2D eigenvalue weighted by atomic mass is 9.86. The van der Waals surface area contributed by atoms with Crippen LogP contribution in [0.1, 0.15) is 30.5 Å². The molecule has 4 rings (SSSR count). The molecule has 0 bridgehead atoms. The quantitative estimate of drug-likeness (QED) is 0.449. The minimum atomic E-state index is -4.67. The van der Waals surface area contributed by atoms with Crippen LogP contribution in [-0.2, 0) is 33.3 Å². The summed E-state index contributed by atoms with van der Waals surface area (Å²) in [6.45, 7) is 2.88. The SMILES string of the molecule is CC1(C)C(=O)N(Cc2c(F)cccc2Cl)c2cc(CNS(=O)(=O)c3c(F)cc(F)cc3F)ccc21. The van der Waals surface area contributed by atoms with E-state index in [9.17, 15) is 30.8 Å². The van der Waals surface area contributed by atoms with Gasteiger partial charge in [-0.05, 0) is 43.2 Å². The molecule has 1 amide bonds. The molecule has 0 aliphatic carbocycles. The Morgan fingerprint density at radius 3 is 2.26 bits per heavy atom. The van der Waals surface area contributed by atoms with Crippen molar-refractivity contribution in [3.63, 3.8) is 0 Å². The summed E-state index contributed by atoms with van der Waals surface area (Å²) in [5.41, 5.74) is 0.614. The number of hydrogen-bond acceptors (Lipinski definition) is 3. The van der Waals surface area contributed by atoms with Crippen LogP contribution >= 0.6 is 11.6 Å². The van der Waals surface area contributed by atoms with Crippen LogP contribution in [0.4, 0.5) is 23.2 Å². The highest BCUT2D eigenvalue weighted by atomic mass is 35.5. The Morgan fingerprint density at radius 1 is 0.971 bits per heavy atom. The molecule has 0 saturated heterocycles. The van der Waals surface area contributed by atoms with Crippen molar-refractivity contribution < 1.29 is 30.8 Å². The summed E-state index contributed by atoms with van der Waals surface area (Å²) in [7, 11) is -4.67. The third kappa shape index (κ3) is 4.53. The molecule has 3 aromatic carbocycles. The molecule has 11 heteroatoms. The molecule has 3 aromatic rings. The molecule has 0 saturated carbocycles. The molecule has 184 valence electrons. The fraction of sp³-hybridized carbons (Fsp3) is 0.208. The summed E-state index contributed by atoms with van der Waals surface area (Å²) in [6, 6.07) is 9.46. The average Bonchev–Trinajstić information content (AvgIpc) is 2.94. The molecule has 0 unspecified atom stereocenters. The normalized spacial score (nSPS) is 14.9. The molecular weight excluding hydrogens is 508 g/mol. The second-order valence-electron chi connectivity index (χ2n) is 8.59. The highest BCUT2D eigenvalue weighted by Gasteiger charge is 2.44. The van der Waals surface area contributed by atoms with Gasteiger partial charge in [0.15, 0.2) is 4.90 Å². The van der Waals surface area contributed by atoms with Crippen LogP contribution in [0.2, 0.25) is 5.02 Å². The second-order valence-corrected chi connectivity index (χ2v) is 10.7. The van der Waals surface area contributed by atoms with E-state index in [0.29, 0.717) is 16.8 Å². The Kier molecular flexibility index (Phi) is 6.41. The second kappa shape index (κ2) is 8.92. The fourth-order valence-corrected chi connectivity index (χ4v) is 5.39. The first kappa shape index (κ1) is 25.2. The number of anilines is 1. The molecule has 1 aliphatic rings. The molecule has 35 heavy (non-hydrogen) atoms. The number of benzene rings is 3. The molecule has 0 radical (unpaired) electrons. The lowest BCUT2D eigenvalue weighted by Gasteiger charge is -2.21. The zero-order valence-corrected chi connectivity index (χ0v) is 20.1. The van der Waals surface area contributed by atoms with Gasteiger partial charge in [-0.1, -0.05) is 29.8 Å². The van der Waals surface area contributed by atoms with E-state index in [1.54, 1.807) is 26.0 Å². The number of hydrogen-bond donors (Lipinski definition) is 1. The zero-order valence-electron chi connectivity index (χ0n) is 18.5.